The van der Waals surface area contributed by atoms with E-state index in [1.807, 2.05) is 26.0 Å². The normalized spacial score (nSPS) is 11.8. The Morgan fingerprint density at radius 3 is 1.61 bits per heavy atom. The second-order valence-corrected chi connectivity index (χ2v) is 15.2. The van der Waals surface area contributed by atoms with E-state index in [1.54, 1.807) is 0 Å². The molecule has 0 spiro atoms. The highest BCUT2D eigenvalue weighted by Gasteiger charge is 2.11. The summed E-state index contributed by atoms with van der Waals surface area (Å²) in [6.07, 6.45) is 2.69. The molecule has 0 fully saturated rings. The number of aliphatic hydroxyl groups is 1. The van der Waals surface area contributed by atoms with E-state index in [-0.39, 0.29) is 0 Å². The monoisotopic (exact) mass is 694 g/mol. The first kappa shape index (κ1) is 43.2. The largest absolute Gasteiger partial charge is 0.400 e. The fourth-order valence-electron chi connectivity index (χ4n) is 4.51. The van der Waals surface area contributed by atoms with Gasteiger partial charge >= 0.3 is 0 Å². The van der Waals surface area contributed by atoms with Gasteiger partial charge in [0.15, 0.2) is 0 Å². The second-order valence-electron chi connectivity index (χ2n) is 13.7. The zero-order valence-corrected chi connectivity index (χ0v) is 32.4. The Kier molecular flexibility index (Phi) is 17.6. The third-order valence-corrected chi connectivity index (χ3v) is 6.85. The number of azo groups is 2. The smallest absolute Gasteiger partial charge is 0.261 e. The lowest BCUT2D eigenvalue weighted by atomic mass is 10.1. The third kappa shape index (κ3) is 18.5. The van der Waals surface area contributed by atoms with Gasteiger partial charge in [-0.2, -0.15) is 28.9 Å². The van der Waals surface area contributed by atoms with E-state index < -0.39 is 10.1 Å². The Labute approximate surface area is 294 Å². The second kappa shape index (κ2) is 20.0. The molecule has 4 rings (SSSR count). The van der Waals surface area contributed by atoms with Crippen molar-refractivity contribution in [1.29, 1.82) is 0 Å². The average Bonchev–Trinajstić information content (AvgIpc) is 3.01. The van der Waals surface area contributed by atoms with Crippen LogP contribution in [0.5, 0.6) is 0 Å². The van der Waals surface area contributed by atoms with Crippen molar-refractivity contribution < 1.29 is 27.0 Å². The van der Waals surface area contributed by atoms with Crippen molar-refractivity contribution in [2.24, 2.45) is 20.5 Å². The van der Waals surface area contributed by atoms with Crippen LogP contribution in [0.3, 0.4) is 0 Å². The molecule has 0 bridgehead atoms. The molecule has 2 N–H and O–H groups in total. The molecule has 0 radical (unpaired) electrons. The summed E-state index contributed by atoms with van der Waals surface area (Å²) in [5.41, 5.74) is 8.38. The number of quaternary nitrogens is 2. The average molecular weight is 695 g/mol. The maximum atomic E-state index is 9.19. The van der Waals surface area contributed by atoms with Gasteiger partial charge in [0, 0.05) is 20.0 Å². The van der Waals surface area contributed by atoms with Crippen molar-refractivity contribution in [2.75, 3.05) is 68.7 Å². The SMILES string of the molecule is CC.CO.CS(=O)(=O)O.Cc1cc(CC[N+](C)(C)C)cc(N=Nc2ccc3ccc(N=Nc4cc(C)ccc4CC[N+](C)(C)C)cc3c2)c1. The molecule has 0 saturated heterocycles. The molecule has 0 saturated carbocycles. The quantitative estimate of drug-likeness (QED) is 0.0977. The summed E-state index contributed by atoms with van der Waals surface area (Å²) in [5, 5.41) is 27.6. The lowest BCUT2D eigenvalue weighted by Crippen LogP contribution is -2.36. The van der Waals surface area contributed by atoms with Gasteiger partial charge < -0.3 is 14.1 Å². The minimum atomic E-state index is -3.67. The summed E-state index contributed by atoms with van der Waals surface area (Å²) in [6, 6.07) is 25.2. The van der Waals surface area contributed by atoms with E-state index in [1.165, 1.54) is 22.3 Å². The first-order valence-corrected chi connectivity index (χ1v) is 18.2. The molecular weight excluding hydrogens is 637 g/mol. The highest BCUT2D eigenvalue weighted by Crippen LogP contribution is 2.29. The number of aliphatic hydroxyl groups excluding tert-OH is 1. The zero-order chi connectivity index (χ0) is 37.4. The van der Waals surface area contributed by atoms with Crippen molar-refractivity contribution in [2.45, 2.75) is 40.5 Å². The summed E-state index contributed by atoms with van der Waals surface area (Å²) in [4.78, 5) is 0. The highest BCUT2D eigenvalue weighted by molar-refractivity contribution is 7.85. The maximum absolute atomic E-state index is 9.19. The van der Waals surface area contributed by atoms with Crippen LogP contribution < -0.4 is 0 Å². The summed E-state index contributed by atoms with van der Waals surface area (Å²) in [6.45, 7) is 10.3. The van der Waals surface area contributed by atoms with E-state index in [9.17, 15) is 8.42 Å². The van der Waals surface area contributed by atoms with E-state index in [0.29, 0.717) is 6.26 Å². The molecule has 11 heteroatoms. The molecule has 4 aromatic rings. The molecule has 49 heavy (non-hydrogen) atoms. The van der Waals surface area contributed by atoms with Crippen molar-refractivity contribution >= 4 is 43.6 Å². The summed E-state index contributed by atoms with van der Waals surface area (Å²) >= 11 is 0. The van der Waals surface area contributed by atoms with Crippen LogP contribution in [0.2, 0.25) is 0 Å². The van der Waals surface area contributed by atoms with E-state index in [2.05, 4.69) is 137 Å². The fraction of sp³-hybridized carbons (Fsp3) is 0.421. The van der Waals surface area contributed by atoms with Crippen LogP contribution in [0, 0.1) is 13.8 Å². The highest BCUT2D eigenvalue weighted by atomic mass is 32.2. The Bertz CT molecular complexity index is 1780. The van der Waals surface area contributed by atoms with E-state index >= 15 is 0 Å². The maximum Gasteiger partial charge on any atom is 0.261 e. The van der Waals surface area contributed by atoms with Gasteiger partial charge in [-0.25, -0.2) is 0 Å². The lowest BCUT2D eigenvalue weighted by Gasteiger charge is -2.24. The summed E-state index contributed by atoms with van der Waals surface area (Å²) in [7, 11) is 10.6. The van der Waals surface area contributed by atoms with Crippen molar-refractivity contribution in [3.8, 4) is 0 Å². The van der Waals surface area contributed by atoms with Crippen molar-refractivity contribution in [3.05, 3.63) is 95.1 Å². The van der Waals surface area contributed by atoms with Gasteiger partial charge in [0.25, 0.3) is 10.1 Å². The van der Waals surface area contributed by atoms with E-state index in [4.69, 9.17) is 9.66 Å². The summed E-state index contributed by atoms with van der Waals surface area (Å²) in [5.74, 6) is 0. The Hall–Kier alpha value is -3.87. The van der Waals surface area contributed by atoms with Gasteiger partial charge in [0.1, 0.15) is 0 Å². The number of aryl methyl sites for hydroxylation is 2. The van der Waals surface area contributed by atoms with Gasteiger partial charge in [-0.1, -0.05) is 44.2 Å². The van der Waals surface area contributed by atoms with Gasteiger partial charge in [0.05, 0.1) is 84.4 Å². The standard InChI is InChI=1S/C34H44N6.C2H6.CH4O3S.CH4O/c1-25-9-10-29(16-18-40(6,7)8)34(21-25)38-36-32-14-12-28-11-13-31(23-30(28)24-32)35-37-33-20-26(2)19-27(22-33)15-17-39(3,4)5;1-2;1-5(2,3)4;1-2/h9-14,19-24H,15-18H2,1-8H3;1-2H3;1H3,(H,2,3,4);2H,1H3/q+2;;;. The van der Waals surface area contributed by atoms with Gasteiger partial charge in [-0.05, 0) is 89.3 Å². The summed E-state index contributed by atoms with van der Waals surface area (Å²) < 4.78 is 27.7. The number of rotatable bonds is 10. The number of fused-ring (bicyclic) bond motifs is 1. The zero-order valence-electron chi connectivity index (χ0n) is 31.6. The molecule has 268 valence electrons. The molecule has 0 aromatic heterocycles. The van der Waals surface area contributed by atoms with Gasteiger partial charge in [-0.15, -0.1) is 0 Å². The topological polar surface area (TPSA) is 124 Å². The molecule has 0 aliphatic carbocycles. The van der Waals surface area contributed by atoms with Crippen LogP contribution in [-0.4, -0.2) is 95.8 Å². The first-order chi connectivity index (χ1) is 22.8. The predicted octanol–water partition coefficient (Wildman–Crippen LogP) is 8.92. The van der Waals surface area contributed by atoms with Crippen LogP contribution >= 0.6 is 0 Å². The van der Waals surface area contributed by atoms with Crippen LogP contribution in [0.4, 0.5) is 22.7 Å². The molecule has 10 nitrogen and oxygen atoms in total. The van der Waals surface area contributed by atoms with Crippen molar-refractivity contribution in [3.63, 3.8) is 0 Å². The van der Waals surface area contributed by atoms with Gasteiger partial charge in [-0.3, -0.25) is 4.55 Å². The van der Waals surface area contributed by atoms with Crippen LogP contribution in [0.25, 0.3) is 10.8 Å². The molecular formula is C38H58N6O4S+2. The minimum absolute atomic E-state index is 0.715. The minimum Gasteiger partial charge on any atom is -0.400 e. The predicted molar refractivity (Wildman–Crippen MR) is 205 cm³/mol. The molecule has 4 aromatic carbocycles. The Morgan fingerprint density at radius 2 is 1.08 bits per heavy atom. The molecule has 0 aliphatic heterocycles. The molecule has 0 atom stereocenters. The number of nitrogens with zero attached hydrogens (tertiary/aromatic N) is 6. The fourth-order valence-corrected chi connectivity index (χ4v) is 4.51. The molecule has 0 heterocycles. The Balaban J connectivity index is 0.00000120. The van der Waals surface area contributed by atoms with Gasteiger partial charge in [0.2, 0.25) is 0 Å². The molecule has 0 amide bonds. The van der Waals surface area contributed by atoms with Crippen LogP contribution in [0.15, 0.2) is 93.3 Å². The number of likely N-dealkylation sites (N-methyl/N-ethyl adjacent to an activating group) is 2. The number of hydrogen-bond donors (Lipinski definition) is 2. The van der Waals surface area contributed by atoms with Crippen LogP contribution in [-0.2, 0) is 23.0 Å². The van der Waals surface area contributed by atoms with Crippen LogP contribution in [0.1, 0.15) is 36.1 Å². The van der Waals surface area contributed by atoms with Crippen molar-refractivity contribution in [1.82, 2.24) is 0 Å². The molecule has 0 aliphatic rings. The van der Waals surface area contributed by atoms with E-state index in [0.717, 1.165) is 75.5 Å². The number of hydrogen-bond acceptors (Lipinski definition) is 7. The first-order valence-electron chi connectivity index (χ1n) is 16.4. The number of benzene rings is 4. The molecule has 0 unspecified atom stereocenters. The third-order valence-electron chi connectivity index (χ3n) is 6.85. The Morgan fingerprint density at radius 1 is 0.592 bits per heavy atom. The lowest BCUT2D eigenvalue weighted by molar-refractivity contribution is -0.870.